The average molecular weight is 254 g/mol. The third-order valence-electron chi connectivity index (χ3n) is 4.65. The summed E-state index contributed by atoms with van der Waals surface area (Å²) in [6.45, 7) is 15.5. The lowest BCUT2D eigenvalue weighted by Gasteiger charge is -2.37. The van der Waals surface area contributed by atoms with Crippen LogP contribution >= 0.6 is 0 Å². The average Bonchev–Trinajstić information content (AvgIpc) is 3.20. The molecule has 1 saturated carbocycles. The van der Waals surface area contributed by atoms with Gasteiger partial charge >= 0.3 is 0 Å². The molecule has 0 heterocycles. The van der Waals surface area contributed by atoms with Gasteiger partial charge in [-0.05, 0) is 56.5 Å². The molecule has 0 saturated heterocycles. The van der Waals surface area contributed by atoms with Crippen molar-refractivity contribution in [2.45, 2.75) is 59.8 Å². The van der Waals surface area contributed by atoms with Crippen molar-refractivity contribution in [2.75, 3.05) is 32.7 Å². The maximum atomic E-state index is 3.65. The van der Waals surface area contributed by atoms with Crippen LogP contribution in [0.15, 0.2) is 0 Å². The molecule has 108 valence electrons. The molecule has 0 atom stereocenters. The zero-order chi connectivity index (χ0) is 13.4. The lowest BCUT2D eigenvalue weighted by molar-refractivity contribution is 0.135. The fourth-order valence-electron chi connectivity index (χ4n) is 2.76. The first-order valence-corrected chi connectivity index (χ1v) is 8.12. The quantitative estimate of drug-likeness (QED) is 0.568. The summed E-state index contributed by atoms with van der Waals surface area (Å²) < 4.78 is 0. The minimum atomic E-state index is 0.486. The SMILES string of the molecule is CCCNCC(CC)(CC)CN(CC)CC1CC1. The standard InChI is InChI=1S/C16H34N2/c1-5-11-17-13-16(6-2,7-3)14-18(8-4)12-15-9-10-15/h15,17H,5-14H2,1-4H3. The van der Waals surface area contributed by atoms with E-state index in [0.717, 1.165) is 12.5 Å². The van der Waals surface area contributed by atoms with Gasteiger partial charge in [0, 0.05) is 19.6 Å². The Kier molecular flexibility index (Phi) is 7.25. The van der Waals surface area contributed by atoms with E-state index in [9.17, 15) is 0 Å². The van der Waals surface area contributed by atoms with Crippen LogP contribution in [0, 0.1) is 11.3 Å². The zero-order valence-electron chi connectivity index (χ0n) is 13.1. The first-order valence-electron chi connectivity index (χ1n) is 8.12. The number of hydrogen-bond acceptors (Lipinski definition) is 2. The van der Waals surface area contributed by atoms with Gasteiger partial charge in [-0.1, -0.05) is 27.7 Å². The highest BCUT2D eigenvalue weighted by atomic mass is 15.1. The van der Waals surface area contributed by atoms with Gasteiger partial charge in [0.1, 0.15) is 0 Å². The number of nitrogens with zero attached hydrogens (tertiary/aromatic N) is 1. The second-order valence-corrected chi connectivity index (χ2v) is 6.15. The smallest absolute Gasteiger partial charge is 0.00499 e. The van der Waals surface area contributed by atoms with E-state index in [1.165, 1.54) is 58.3 Å². The van der Waals surface area contributed by atoms with E-state index >= 15 is 0 Å². The summed E-state index contributed by atoms with van der Waals surface area (Å²) in [6, 6.07) is 0. The molecule has 1 aliphatic carbocycles. The minimum absolute atomic E-state index is 0.486. The van der Waals surface area contributed by atoms with Gasteiger partial charge in [0.05, 0.1) is 0 Å². The monoisotopic (exact) mass is 254 g/mol. The van der Waals surface area contributed by atoms with Crippen LogP contribution in [0.2, 0.25) is 0 Å². The van der Waals surface area contributed by atoms with Gasteiger partial charge < -0.3 is 10.2 Å². The van der Waals surface area contributed by atoms with Gasteiger partial charge in [0.15, 0.2) is 0 Å². The fourth-order valence-corrected chi connectivity index (χ4v) is 2.76. The van der Waals surface area contributed by atoms with Crippen LogP contribution in [0.3, 0.4) is 0 Å². The number of hydrogen-bond donors (Lipinski definition) is 1. The molecule has 0 aromatic rings. The molecule has 18 heavy (non-hydrogen) atoms. The molecule has 0 aliphatic heterocycles. The summed E-state index contributed by atoms with van der Waals surface area (Å²) in [5.74, 6) is 1.01. The van der Waals surface area contributed by atoms with E-state index in [1.807, 2.05) is 0 Å². The van der Waals surface area contributed by atoms with Crippen LogP contribution in [0.4, 0.5) is 0 Å². The van der Waals surface area contributed by atoms with E-state index in [2.05, 4.69) is 37.9 Å². The third kappa shape index (κ3) is 5.27. The topological polar surface area (TPSA) is 15.3 Å². The van der Waals surface area contributed by atoms with Crippen molar-refractivity contribution in [1.29, 1.82) is 0 Å². The van der Waals surface area contributed by atoms with Gasteiger partial charge in [-0.2, -0.15) is 0 Å². The highest BCUT2D eigenvalue weighted by Crippen LogP contribution is 2.32. The van der Waals surface area contributed by atoms with E-state index < -0.39 is 0 Å². The highest BCUT2D eigenvalue weighted by Gasteiger charge is 2.30. The molecular weight excluding hydrogens is 220 g/mol. The first-order chi connectivity index (χ1) is 8.69. The molecule has 1 N–H and O–H groups in total. The van der Waals surface area contributed by atoms with Crippen LogP contribution in [-0.2, 0) is 0 Å². The van der Waals surface area contributed by atoms with Gasteiger partial charge in [0.2, 0.25) is 0 Å². The van der Waals surface area contributed by atoms with Gasteiger partial charge in [-0.15, -0.1) is 0 Å². The zero-order valence-corrected chi connectivity index (χ0v) is 13.1. The Hall–Kier alpha value is -0.0800. The Morgan fingerprint density at radius 2 is 1.78 bits per heavy atom. The maximum absolute atomic E-state index is 3.65. The van der Waals surface area contributed by atoms with E-state index in [4.69, 9.17) is 0 Å². The predicted molar refractivity (Wildman–Crippen MR) is 81.0 cm³/mol. The van der Waals surface area contributed by atoms with Crippen LogP contribution in [0.5, 0.6) is 0 Å². The Morgan fingerprint density at radius 1 is 1.11 bits per heavy atom. The van der Waals surface area contributed by atoms with Gasteiger partial charge in [-0.25, -0.2) is 0 Å². The molecule has 0 spiro atoms. The van der Waals surface area contributed by atoms with Crippen LogP contribution in [0.25, 0.3) is 0 Å². The lowest BCUT2D eigenvalue weighted by Crippen LogP contribution is -2.44. The van der Waals surface area contributed by atoms with Crippen molar-refractivity contribution in [3.8, 4) is 0 Å². The summed E-state index contributed by atoms with van der Waals surface area (Å²) in [7, 11) is 0. The van der Waals surface area contributed by atoms with Crippen molar-refractivity contribution < 1.29 is 0 Å². The second-order valence-electron chi connectivity index (χ2n) is 6.15. The molecule has 0 bridgehead atoms. The Labute approximate surface area is 115 Å². The first kappa shape index (κ1) is 16.0. The summed E-state index contributed by atoms with van der Waals surface area (Å²) in [4.78, 5) is 2.69. The predicted octanol–water partition coefficient (Wildman–Crippen LogP) is 3.52. The van der Waals surface area contributed by atoms with Crippen LogP contribution in [-0.4, -0.2) is 37.6 Å². The van der Waals surface area contributed by atoms with Crippen molar-refractivity contribution in [2.24, 2.45) is 11.3 Å². The molecule has 0 aromatic heterocycles. The van der Waals surface area contributed by atoms with Gasteiger partial charge in [-0.3, -0.25) is 0 Å². The number of rotatable bonds is 11. The fraction of sp³-hybridized carbons (Fsp3) is 1.00. The maximum Gasteiger partial charge on any atom is 0.00499 e. The molecule has 1 aliphatic rings. The summed E-state index contributed by atoms with van der Waals surface area (Å²) >= 11 is 0. The Bertz CT molecular complexity index is 207. The molecular formula is C16H34N2. The molecule has 2 heteroatoms. The van der Waals surface area contributed by atoms with E-state index in [-0.39, 0.29) is 0 Å². The van der Waals surface area contributed by atoms with Gasteiger partial charge in [0.25, 0.3) is 0 Å². The van der Waals surface area contributed by atoms with E-state index in [1.54, 1.807) is 0 Å². The molecule has 0 aromatic carbocycles. The normalized spacial score (nSPS) is 16.5. The Morgan fingerprint density at radius 3 is 2.22 bits per heavy atom. The van der Waals surface area contributed by atoms with Crippen LogP contribution < -0.4 is 5.32 Å². The summed E-state index contributed by atoms with van der Waals surface area (Å²) in [6.07, 6.45) is 6.76. The van der Waals surface area contributed by atoms with Crippen LogP contribution in [0.1, 0.15) is 59.8 Å². The van der Waals surface area contributed by atoms with Crippen molar-refractivity contribution in [3.63, 3.8) is 0 Å². The Balaban J connectivity index is 2.45. The van der Waals surface area contributed by atoms with Crippen molar-refractivity contribution in [1.82, 2.24) is 10.2 Å². The molecule has 0 radical (unpaired) electrons. The van der Waals surface area contributed by atoms with Crippen molar-refractivity contribution in [3.05, 3.63) is 0 Å². The third-order valence-corrected chi connectivity index (χ3v) is 4.65. The molecule has 1 fully saturated rings. The molecule has 1 rings (SSSR count). The van der Waals surface area contributed by atoms with E-state index in [0.29, 0.717) is 5.41 Å². The summed E-state index contributed by atoms with van der Waals surface area (Å²) in [5, 5.41) is 3.65. The minimum Gasteiger partial charge on any atom is -0.316 e. The largest absolute Gasteiger partial charge is 0.316 e. The summed E-state index contributed by atoms with van der Waals surface area (Å²) in [5.41, 5.74) is 0.486. The lowest BCUT2D eigenvalue weighted by atomic mass is 9.81. The highest BCUT2D eigenvalue weighted by molar-refractivity contribution is 4.85. The number of nitrogens with one attached hydrogen (secondary N) is 1. The molecule has 0 amide bonds. The molecule has 2 nitrogen and oxygen atoms in total. The molecule has 0 unspecified atom stereocenters. The van der Waals surface area contributed by atoms with Crippen molar-refractivity contribution >= 4 is 0 Å². The second kappa shape index (κ2) is 8.16.